The van der Waals surface area contributed by atoms with E-state index in [1.807, 2.05) is 47.5 Å². The largest absolute Gasteiger partial charge is 0.462 e. The van der Waals surface area contributed by atoms with Crippen molar-refractivity contribution in [1.29, 1.82) is 0 Å². The van der Waals surface area contributed by atoms with Crippen molar-refractivity contribution in [3.05, 3.63) is 98.5 Å². The molecule has 1 atom stereocenters. The van der Waals surface area contributed by atoms with Crippen LogP contribution in [0.3, 0.4) is 0 Å². The van der Waals surface area contributed by atoms with E-state index in [0.29, 0.717) is 47.1 Å². The zero-order valence-electron chi connectivity index (χ0n) is 21.1. The second-order valence-corrected chi connectivity index (χ2v) is 10.7. The first-order valence-electron chi connectivity index (χ1n) is 12.7. The SMILES string of the molecule is CCOC(=O)c1cnn2c1N(Cc1cn(-c3ccc(Cl)cc3)nn1)C1=C(C(=O)CCC1)C2c1ccc(Br)cc1. The summed E-state index contributed by atoms with van der Waals surface area (Å²) in [6.45, 7) is 2.30. The topological polar surface area (TPSA) is 95.1 Å². The molecule has 0 radical (unpaired) electrons. The van der Waals surface area contributed by atoms with Crippen molar-refractivity contribution in [2.45, 2.75) is 38.8 Å². The van der Waals surface area contributed by atoms with Crippen LogP contribution in [0.4, 0.5) is 5.82 Å². The van der Waals surface area contributed by atoms with Crippen molar-refractivity contribution in [3.8, 4) is 5.69 Å². The van der Waals surface area contributed by atoms with Crippen molar-refractivity contribution in [3.63, 3.8) is 0 Å². The maximum absolute atomic E-state index is 13.5. The Morgan fingerprint density at radius 2 is 1.90 bits per heavy atom. The Kier molecular flexibility index (Phi) is 6.82. The first-order chi connectivity index (χ1) is 18.9. The first kappa shape index (κ1) is 25.5. The van der Waals surface area contributed by atoms with E-state index < -0.39 is 12.0 Å². The van der Waals surface area contributed by atoms with Gasteiger partial charge in [0.05, 0.1) is 31.2 Å². The molecular formula is C28H24BrClN6O3. The van der Waals surface area contributed by atoms with Crippen molar-refractivity contribution in [2.75, 3.05) is 11.5 Å². The average molecular weight is 608 g/mol. The van der Waals surface area contributed by atoms with Crippen LogP contribution in [0.1, 0.15) is 53.8 Å². The zero-order chi connectivity index (χ0) is 27.1. The number of ether oxygens (including phenoxy) is 1. The number of hydrogen-bond acceptors (Lipinski definition) is 7. The lowest BCUT2D eigenvalue weighted by Gasteiger charge is -2.40. The summed E-state index contributed by atoms with van der Waals surface area (Å²) in [5.41, 5.74) is 4.30. The predicted molar refractivity (Wildman–Crippen MR) is 149 cm³/mol. The van der Waals surface area contributed by atoms with Gasteiger partial charge in [0.2, 0.25) is 0 Å². The van der Waals surface area contributed by atoms with Gasteiger partial charge in [-0.25, -0.2) is 14.2 Å². The normalized spacial score (nSPS) is 16.7. The number of esters is 1. The molecule has 0 fully saturated rings. The second kappa shape index (κ2) is 10.4. The zero-order valence-corrected chi connectivity index (χ0v) is 23.4. The number of aromatic nitrogens is 5. The summed E-state index contributed by atoms with van der Waals surface area (Å²) in [6, 6.07) is 14.7. The van der Waals surface area contributed by atoms with Gasteiger partial charge in [0.25, 0.3) is 0 Å². The third-order valence-corrected chi connectivity index (χ3v) is 7.71. The highest BCUT2D eigenvalue weighted by atomic mass is 79.9. The van der Waals surface area contributed by atoms with E-state index in [2.05, 4.69) is 31.3 Å². The monoisotopic (exact) mass is 606 g/mol. The highest BCUT2D eigenvalue weighted by molar-refractivity contribution is 9.10. The number of anilines is 1. The number of fused-ring (bicyclic) bond motifs is 1. The molecule has 2 aliphatic rings. The van der Waals surface area contributed by atoms with E-state index in [4.69, 9.17) is 16.3 Å². The number of hydrogen-bond donors (Lipinski definition) is 0. The van der Waals surface area contributed by atoms with Crippen molar-refractivity contribution in [2.24, 2.45) is 0 Å². The molecule has 1 aliphatic heterocycles. The highest BCUT2D eigenvalue weighted by Gasteiger charge is 2.41. The number of benzene rings is 2. The Bertz CT molecular complexity index is 1590. The Morgan fingerprint density at radius 1 is 1.13 bits per heavy atom. The lowest BCUT2D eigenvalue weighted by atomic mass is 9.84. The quantitative estimate of drug-likeness (QED) is 0.261. The van der Waals surface area contributed by atoms with Gasteiger partial charge in [-0.1, -0.05) is 44.9 Å². The number of rotatable bonds is 6. The molecule has 0 saturated carbocycles. The van der Waals surface area contributed by atoms with Crippen molar-refractivity contribution in [1.82, 2.24) is 24.8 Å². The Labute approximate surface area is 238 Å². The van der Waals surface area contributed by atoms with Gasteiger partial charge in [-0.3, -0.25) is 4.79 Å². The number of carbonyl (C=O) groups is 2. The van der Waals surface area contributed by atoms with E-state index in [0.717, 1.165) is 27.8 Å². The molecule has 0 amide bonds. The third-order valence-electron chi connectivity index (χ3n) is 6.93. The van der Waals surface area contributed by atoms with E-state index in [1.54, 1.807) is 28.4 Å². The van der Waals surface area contributed by atoms with E-state index in [1.165, 1.54) is 6.20 Å². The maximum atomic E-state index is 13.5. The fourth-order valence-electron chi connectivity index (χ4n) is 5.23. The van der Waals surface area contributed by atoms with E-state index >= 15 is 0 Å². The summed E-state index contributed by atoms with van der Waals surface area (Å²) in [4.78, 5) is 28.5. The van der Waals surface area contributed by atoms with Crippen LogP contribution < -0.4 is 4.90 Å². The molecule has 2 aromatic carbocycles. The van der Waals surface area contributed by atoms with Crippen LogP contribution in [-0.2, 0) is 16.1 Å². The van der Waals surface area contributed by atoms with Crippen LogP contribution in [0.5, 0.6) is 0 Å². The minimum atomic E-state index is -0.464. The number of carbonyl (C=O) groups excluding carboxylic acids is 2. The lowest BCUT2D eigenvalue weighted by Crippen LogP contribution is -2.39. The van der Waals surface area contributed by atoms with E-state index in [-0.39, 0.29) is 12.4 Å². The van der Waals surface area contributed by atoms with E-state index in [9.17, 15) is 9.59 Å². The van der Waals surface area contributed by atoms with Crippen LogP contribution in [0.15, 0.2) is 76.7 Å². The predicted octanol–water partition coefficient (Wildman–Crippen LogP) is 5.67. The third kappa shape index (κ3) is 4.68. The Balaban J connectivity index is 1.48. The first-order valence-corrected chi connectivity index (χ1v) is 13.8. The maximum Gasteiger partial charge on any atom is 0.343 e. The standard InChI is InChI=1S/C28H24BrClN6O3/c1-2-39-28(38)22-14-31-36-26(17-6-8-18(29)9-7-17)25-23(4-3-5-24(25)37)34(27(22)36)15-20-16-35(33-32-20)21-12-10-19(30)11-13-21/h6-14,16,26H,2-5,15H2,1H3. The van der Waals surface area contributed by atoms with Gasteiger partial charge in [0.15, 0.2) is 5.78 Å². The molecule has 0 N–H and O–H groups in total. The molecule has 1 aliphatic carbocycles. The molecule has 2 aromatic heterocycles. The molecule has 0 saturated heterocycles. The molecule has 1 unspecified atom stereocenters. The molecule has 39 heavy (non-hydrogen) atoms. The van der Waals surface area contributed by atoms with Gasteiger partial charge in [-0.15, -0.1) is 5.10 Å². The molecule has 11 heteroatoms. The fraction of sp³-hybridized carbons (Fsp3) is 0.250. The minimum Gasteiger partial charge on any atom is -0.462 e. The van der Waals surface area contributed by atoms with Crippen LogP contribution in [0.25, 0.3) is 5.69 Å². The van der Waals surface area contributed by atoms with Gasteiger partial charge >= 0.3 is 5.97 Å². The van der Waals surface area contributed by atoms with Gasteiger partial charge < -0.3 is 9.64 Å². The summed E-state index contributed by atoms with van der Waals surface area (Å²) in [5, 5.41) is 14.0. The summed E-state index contributed by atoms with van der Waals surface area (Å²) in [7, 11) is 0. The van der Waals surface area contributed by atoms with Crippen molar-refractivity contribution < 1.29 is 14.3 Å². The summed E-state index contributed by atoms with van der Waals surface area (Å²) in [5.74, 6) is 0.197. The Hall–Kier alpha value is -3.76. The molecule has 0 spiro atoms. The van der Waals surface area contributed by atoms with Crippen LogP contribution in [0.2, 0.25) is 5.02 Å². The molecular weight excluding hydrogens is 584 g/mol. The average Bonchev–Trinajstić information content (AvgIpc) is 3.58. The fourth-order valence-corrected chi connectivity index (χ4v) is 5.62. The second-order valence-electron chi connectivity index (χ2n) is 9.36. The Morgan fingerprint density at radius 3 is 2.64 bits per heavy atom. The van der Waals surface area contributed by atoms with Gasteiger partial charge in [-0.2, -0.15) is 5.10 Å². The molecule has 0 bridgehead atoms. The van der Waals surface area contributed by atoms with Crippen LogP contribution in [0, 0.1) is 0 Å². The van der Waals surface area contributed by atoms with Gasteiger partial charge in [-0.05, 0) is 61.7 Å². The number of halogens is 2. The van der Waals surface area contributed by atoms with Gasteiger partial charge in [0, 0.05) is 27.2 Å². The smallest absolute Gasteiger partial charge is 0.343 e. The molecule has 9 nitrogen and oxygen atoms in total. The number of nitrogens with zero attached hydrogens (tertiary/aromatic N) is 6. The number of Topliss-reactive ketones (excluding diaryl/α,β-unsaturated/α-hetero) is 1. The summed E-state index contributed by atoms with van der Waals surface area (Å²) >= 11 is 9.54. The van der Waals surface area contributed by atoms with Crippen molar-refractivity contribution >= 4 is 45.1 Å². The molecule has 4 aromatic rings. The highest BCUT2D eigenvalue weighted by Crippen LogP contribution is 2.45. The summed E-state index contributed by atoms with van der Waals surface area (Å²) < 4.78 is 9.76. The number of allylic oxidation sites excluding steroid dienone is 2. The van der Waals surface area contributed by atoms with Crippen LogP contribution in [-0.4, -0.2) is 43.1 Å². The molecule has 198 valence electrons. The number of ketones is 1. The summed E-state index contributed by atoms with van der Waals surface area (Å²) in [6.07, 6.45) is 5.24. The molecule has 6 rings (SSSR count). The molecule has 3 heterocycles. The van der Waals surface area contributed by atoms with Gasteiger partial charge in [0.1, 0.15) is 23.1 Å². The lowest BCUT2D eigenvalue weighted by molar-refractivity contribution is -0.116. The minimum absolute atomic E-state index is 0.0813. The van der Waals surface area contributed by atoms with Crippen LogP contribution >= 0.6 is 27.5 Å².